The molecular formula is C19H22N2O3. The number of fused-ring (bicyclic) bond motifs is 2. The Kier molecular flexibility index (Phi) is 3.58. The number of ether oxygens (including phenoxy) is 1. The predicted molar refractivity (Wildman–Crippen MR) is 90.9 cm³/mol. The highest BCUT2D eigenvalue weighted by atomic mass is 16.5. The van der Waals surface area contributed by atoms with Crippen LogP contribution in [-0.2, 0) is 4.74 Å². The standard InChI is InChI=1S/C19H22N2O3/c1-12-3-4-17-14(5-12)6-16(13(2)20-17)18(23)21-7-15-8-24-11-19(15,9-21)10-22/h3-6,15,22H,7-11H2,1-2H3/t15-,19-/m0/s1. The molecule has 1 amide bonds. The highest BCUT2D eigenvalue weighted by Gasteiger charge is 2.51. The quantitative estimate of drug-likeness (QED) is 0.916. The summed E-state index contributed by atoms with van der Waals surface area (Å²) in [6.07, 6.45) is 0. The zero-order valence-electron chi connectivity index (χ0n) is 14.1. The molecule has 2 fully saturated rings. The van der Waals surface area contributed by atoms with Crippen molar-refractivity contribution >= 4 is 16.8 Å². The van der Waals surface area contributed by atoms with Crippen molar-refractivity contribution in [2.75, 3.05) is 32.9 Å². The van der Waals surface area contributed by atoms with Crippen molar-refractivity contribution in [3.8, 4) is 0 Å². The van der Waals surface area contributed by atoms with Crippen molar-refractivity contribution in [1.29, 1.82) is 0 Å². The third kappa shape index (κ3) is 2.31. The maximum absolute atomic E-state index is 13.0. The fourth-order valence-corrected chi connectivity index (χ4v) is 3.99. The van der Waals surface area contributed by atoms with Crippen LogP contribution in [0.2, 0.25) is 0 Å². The monoisotopic (exact) mass is 326 g/mol. The van der Waals surface area contributed by atoms with Crippen molar-refractivity contribution in [2.24, 2.45) is 11.3 Å². The van der Waals surface area contributed by atoms with Gasteiger partial charge in [0.15, 0.2) is 0 Å². The van der Waals surface area contributed by atoms with Crippen LogP contribution < -0.4 is 0 Å². The van der Waals surface area contributed by atoms with Gasteiger partial charge in [-0.2, -0.15) is 0 Å². The molecule has 2 aliphatic heterocycles. The molecule has 0 saturated carbocycles. The Labute approximate surface area is 141 Å². The van der Waals surface area contributed by atoms with E-state index in [1.165, 1.54) is 0 Å². The Morgan fingerprint density at radius 1 is 1.42 bits per heavy atom. The molecule has 2 aliphatic rings. The zero-order chi connectivity index (χ0) is 16.9. The van der Waals surface area contributed by atoms with Crippen molar-refractivity contribution in [2.45, 2.75) is 13.8 Å². The van der Waals surface area contributed by atoms with E-state index in [0.29, 0.717) is 31.9 Å². The average molecular weight is 326 g/mol. The number of aliphatic hydroxyl groups is 1. The molecule has 24 heavy (non-hydrogen) atoms. The van der Waals surface area contributed by atoms with E-state index in [1.54, 1.807) is 0 Å². The Hall–Kier alpha value is -1.98. The van der Waals surface area contributed by atoms with E-state index in [-0.39, 0.29) is 23.8 Å². The lowest BCUT2D eigenvalue weighted by Crippen LogP contribution is -2.36. The van der Waals surface area contributed by atoms with Crippen LogP contribution in [0.5, 0.6) is 0 Å². The first-order chi connectivity index (χ1) is 11.5. The third-order valence-corrected chi connectivity index (χ3v) is 5.51. The van der Waals surface area contributed by atoms with Crippen molar-refractivity contribution in [1.82, 2.24) is 9.88 Å². The maximum atomic E-state index is 13.0. The summed E-state index contributed by atoms with van der Waals surface area (Å²) in [4.78, 5) is 19.5. The molecule has 3 heterocycles. The fraction of sp³-hybridized carbons (Fsp3) is 0.474. The number of hydrogen-bond donors (Lipinski definition) is 1. The molecule has 2 saturated heterocycles. The van der Waals surface area contributed by atoms with Gasteiger partial charge in [-0.05, 0) is 32.0 Å². The molecule has 126 valence electrons. The first kappa shape index (κ1) is 15.5. The Balaban J connectivity index is 1.68. The summed E-state index contributed by atoms with van der Waals surface area (Å²) < 4.78 is 5.52. The molecule has 0 radical (unpaired) electrons. The number of likely N-dealkylation sites (tertiary alicyclic amines) is 1. The Morgan fingerprint density at radius 2 is 2.25 bits per heavy atom. The van der Waals surface area contributed by atoms with Gasteiger partial charge in [-0.15, -0.1) is 0 Å². The Morgan fingerprint density at radius 3 is 3.00 bits per heavy atom. The van der Waals surface area contributed by atoms with E-state index >= 15 is 0 Å². The predicted octanol–water partition coefficient (Wildman–Crippen LogP) is 1.93. The lowest BCUT2D eigenvalue weighted by Gasteiger charge is -2.24. The molecule has 5 nitrogen and oxygen atoms in total. The second-order valence-corrected chi connectivity index (χ2v) is 7.24. The second-order valence-electron chi connectivity index (χ2n) is 7.24. The van der Waals surface area contributed by atoms with Gasteiger partial charge in [-0.3, -0.25) is 9.78 Å². The van der Waals surface area contributed by atoms with Gasteiger partial charge >= 0.3 is 0 Å². The minimum atomic E-state index is -0.287. The molecular weight excluding hydrogens is 304 g/mol. The average Bonchev–Trinajstić information content (AvgIpc) is 3.11. The summed E-state index contributed by atoms with van der Waals surface area (Å²) >= 11 is 0. The topological polar surface area (TPSA) is 62.7 Å². The number of hydrogen-bond acceptors (Lipinski definition) is 4. The van der Waals surface area contributed by atoms with Gasteiger partial charge in [0.25, 0.3) is 5.91 Å². The van der Waals surface area contributed by atoms with Crippen LogP contribution >= 0.6 is 0 Å². The number of aryl methyl sites for hydroxylation is 2. The number of aliphatic hydroxyl groups excluding tert-OH is 1. The smallest absolute Gasteiger partial charge is 0.255 e. The van der Waals surface area contributed by atoms with Crippen molar-refractivity contribution < 1.29 is 14.6 Å². The van der Waals surface area contributed by atoms with Crippen LogP contribution in [-0.4, -0.2) is 53.8 Å². The minimum absolute atomic E-state index is 0.00521. The van der Waals surface area contributed by atoms with Gasteiger partial charge in [0, 0.05) is 29.8 Å². The van der Waals surface area contributed by atoms with Gasteiger partial charge < -0.3 is 14.7 Å². The highest BCUT2D eigenvalue weighted by Crippen LogP contribution is 2.41. The molecule has 5 heteroatoms. The lowest BCUT2D eigenvalue weighted by atomic mass is 9.82. The fourth-order valence-electron chi connectivity index (χ4n) is 3.99. The highest BCUT2D eigenvalue weighted by molar-refractivity contribution is 5.99. The first-order valence-electron chi connectivity index (χ1n) is 8.38. The molecule has 1 N–H and O–H groups in total. The Bertz CT molecular complexity index is 820. The van der Waals surface area contributed by atoms with Crippen LogP contribution in [0.4, 0.5) is 0 Å². The van der Waals surface area contributed by atoms with E-state index in [0.717, 1.165) is 22.2 Å². The van der Waals surface area contributed by atoms with Gasteiger partial charge in [0.2, 0.25) is 0 Å². The van der Waals surface area contributed by atoms with Crippen molar-refractivity contribution in [3.63, 3.8) is 0 Å². The van der Waals surface area contributed by atoms with Crippen LogP contribution in [0.1, 0.15) is 21.6 Å². The summed E-state index contributed by atoms with van der Waals surface area (Å²) in [7, 11) is 0. The van der Waals surface area contributed by atoms with Gasteiger partial charge in [0.1, 0.15) is 0 Å². The van der Waals surface area contributed by atoms with E-state index in [9.17, 15) is 9.90 Å². The van der Waals surface area contributed by atoms with Gasteiger partial charge in [0.05, 0.1) is 36.6 Å². The van der Waals surface area contributed by atoms with Crippen LogP contribution in [0.15, 0.2) is 24.3 Å². The molecule has 0 aliphatic carbocycles. The van der Waals surface area contributed by atoms with Gasteiger partial charge in [-0.1, -0.05) is 11.6 Å². The molecule has 4 rings (SSSR count). The molecule has 0 bridgehead atoms. The normalized spacial score (nSPS) is 26.1. The second kappa shape index (κ2) is 5.53. The number of carbonyl (C=O) groups is 1. The largest absolute Gasteiger partial charge is 0.396 e. The van der Waals surface area contributed by atoms with E-state index in [4.69, 9.17) is 4.74 Å². The summed E-state index contributed by atoms with van der Waals surface area (Å²) in [6.45, 7) is 6.34. The summed E-state index contributed by atoms with van der Waals surface area (Å²) in [5.41, 5.74) is 3.18. The number of pyridine rings is 1. The minimum Gasteiger partial charge on any atom is -0.396 e. The molecule has 2 aromatic rings. The summed E-state index contributed by atoms with van der Waals surface area (Å²) in [5, 5.41) is 10.8. The maximum Gasteiger partial charge on any atom is 0.255 e. The zero-order valence-corrected chi connectivity index (χ0v) is 14.1. The number of aromatic nitrogens is 1. The lowest BCUT2D eigenvalue weighted by molar-refractivity contribution is 0.0630. The third-order valence-electron chi connectivity index (χ3n) is 5.51. The van der Waals surface area contributed by atoms with Crippen LogP contribution in [0, 0.1) is 25.2 Å². The molecule has 2 atom stereocenters. The van der Waals surface area contributed by atoms with Crippen molar-refractivity contribution in [3.05, 3.63) is 41.1 Å². The summed E-state index contributed by atoms with van der Waals surface area (Å²) in [6, 6.07) is 8.02. The number of rotatable bonds is 2. The molecule has 1 aromatic carbocycles. The SMILES string of the molecule is Cc1ccc2nc(C)c(C(=O)N3C[C@H]4COC[C@@]4(CO)C3)cc2c1. The van der Waals surface area contributed by atoms with Gasteiger partial charge in [-0.25, -0.2) is 0 Å². The number of carbonyl (C=O) groups excluding carboxylic acids is 1. The number of nitrogens with zero attached hydrogens (tertiary/aromatic N) is 2. The molecule has 0 unspecified atom stereocenters. The van der Waals surface area contributed by atoms with Crippen LogP contribution in [0.3, 0.4) is 0 Å². The first-order valence-corrected chi connectivity index (χ1v) is 8.38. The molecule has 1 aromatic heterocycles. The van der Waals surface area contributed by atoms with E-state index in [2.05, 4.69) is 11.1 Å². The number of benzene rings is 1. The summed E-state index contributed by atoms with van der Waals surface area (Å²) in [5.74, 6) is 0.230. The molecule has 0 spiro atoms. The van der Waals surface area contributed by atoms with E-state index in [1.807, 2.05) is 36.9 Å². The van der Waals surface area contributed by atoms with Crippen LogP contribution in [0.25, 0.3) is 10.9 Å². The van der Waals surface area contributed by atoms with E-state index < -0.39 is 0 Å². The number of amides is 1.